The molecule has 2 N–H and O–H groups in total. The van der Waals surface area contributed by atoms with Crippen LogP contribution in [0.25, 0.3) is 6.08 Å². The normalized spacial score (nSPS) is 10.9. The third-order valence-electron chi connectivity index (χ3n) is 4.27. The molecule has 29 heavy (non-hydrogen) atoms. The maximum absolute atomic E-state index is 12.9. The van der Waals surface area contributed by atoms with Crippen LogP contribution >= 0.6 is 0 Å². The van der Waals surface area contributed by atoms with Gasteiger partial charge >= 0.3 is 0 Å². The van der Waals surface area contributed by atoms with Gasteiger partial charge in [0.1, 0.15) is 11.4 Å². The second-order valence-electron chi connectivity index (χ2n) is 6.47. The maximum Gasteiger partial charge on any atom is 0.272 e. The minimum absolute atomic E-state index is 0.151. The second kappa shape index (κ2) is 9.37. The number of rotatable bonds is 6. The monoisotopic (exact) mass is 386 g/mol. The molecule has 146 valence electrons. The lowest BCUT2D eigenvalue weighted by Crippen LogP contribution is -2.30. The number of methoxy groups -OCH3 is 1. The Balaban J connectivity index is 1.84. The van der Waals surface area contributed by atoms with E-state index in [4.69, 9.17) is 4.74 Å². The molecule has 5 nitrogen and oxygen atoms in total. The Hall–Kier alpha value is -3.86. The molecule has 0 saturated heterocycles. The van der Waals surface area contributed by atoms with E-state index in [-0.39, 0.29) is 11.6 Å². The lowest BCUT2D eigenvalue weighted by atomic mass is 10.1. The van der Waals surface area contributed by atoms with E-state index in [1.165, 1.54) is 0 Å². The summed E-state index contributed by atoms with van der Waals surface area (Å²) in [5.41, 5.74) is 3.12. The highest BCUT2D eigenvalue weighted by atomic mass is 16.5. The number of carbonyl (C=O) groups is 2. The van der Waals surface area contributed by atoms with Gasteiger partial charge in [-0.3, -0.25) is 9.59 Å². The fourth-order valence-electron chi connectivity index (χ4n) is 2.65. The molecule has 0 unspecified atom stereocenters. The molecule has 0 radical (unpaired) electrons. The quantitative estimate of drug-likeness (QED) is 0.617. The number of carbonyl (C=O) groups excluding carboxylic acids is 2. The number of aryl methyl sites for hydroxylation is 1. The first-order chi connectivity index (χ1) is 14.0. The summed E-state index contributed by atoms with van der Waals surface area (Å²) in [5.74, 6) is -0.132. The molecule has 0 aliphatic carbocycles. The Labute approximate surface area is 170 Å². The second-order valence-corrected chi connectivity index (χ2v) is 6.47. The lowest BCUT2D eigenvalue weighted by Gasteiger charge is -2.12. The average Bonchev–Trinajstić information content (AvgIpc) is 2.75. The van der Waals surface area contributed by atoms with Crippen LogP contribution in [0.1, 0.15) is 21.5 Å². The van der Waals surface area contributed by atoms with Crippen LogP contribution in [-0.2, 0) is 4.79 Å². The van der Waals surface area contributed by atoms with Crippen LogP contribution < -0.4 is 15.4 Å². The topological polar surface area (TPSA) is 67.4 Å². The van der Waals surface area contributed by atoms with Crippen LogP contribution in [0, 0.1) is 6.92 Å². The number of nitrogens with one attached hydrogen (secondary N) is 2. The van der Waals surface area contributed by atoms with Crippen molar-refractivity contribution < 1.29 is 14.3 Å². The third kappa shape index (κ3) is 5.56. The number of hydrogen-bond acceptors (Lipinski definition) is 3. The molecule has 3 rings (SSSR count). The molecule has 0 aliphatic rings. The first-order valence-electron chi connectivity index (χ1n) is 9.15. The number of hydrogen-bond donors (Lipinski definition) is 2. The summed E-state index contributed by atoms with van der Waals surface area (Å²) in [7, 11) is 1.56. The molecule has 0 aromatic heterocycles. The van der Waals surface area contributed by atoms with Crippen LogP contribution in [0.3, 0.4) is 0 Å². The van der Waals surface area contributed by atoms with Crippen molar-refractivity contribution in [2.75, 3.05) is 12.4 Å². The van der Waals surface area contributed by atoms with Crippen molar-refractivity contribution >= 4 is 23.6 Å². The molecular formula is C24H22N2O3. The minimum Gasteiger partial charge on any atom is -0.497 e. The predicted octanol–water partition coefficient (Wildman–Crippen LogP) is 4.41. The van der Waals surface area contributed by atoms with E-state index < -0.39 is 5.91 Å². The molecule has 3 aromatic carbocycles. The largest absolute Gasteiger partial charge is 0.497 e. The smallest absolute Gasteiger partial charge is 0.272 e. The fraction of sp³-hybridized carbons (Fsp3) is 0.0833. The summed E-state index contributed by atoms with van der Waals surface area (Å²) >= 11 is 0. The Morgan fingerprint density at radius 2 is 1.52 bits per heavy atom. The van der Waals surface area contributed by atoms with Crippen molar-refractivity contribution in [3.05, 3.63) is 101 Å². The maximum atomic E-state index is 12.9. The zero-order valence-corrected chi connectivity index (χ0v) is 16.3. The Bertz CT molecular complexity index is 1010. The number of benzene rings is 3. The highest BCUT2D eigenvalue weighted by Gasteiger charge is 2.15. The summed E-state index contributed by atoms with van der Waals surface area (Å²) in [5, 5.41) is 5.54. The first kappa shape index (κ1) is 19.9. The predicted molar refractivity (Wildman–Crippen MR) is 115 cm³/mol. The molecule has 0 atom stereocenters. The van der Waals surface area contributed by atoms with Crippen molar-refractivity contribution in [3.8, 4) is 5.75 Å². The molecule has 0 aliphatic heterocycles. The molecular weight excluding hydrogens is 364 g/mol. The van der Waals surface area contributed by atoms with Crippen molar-refractivity contribution in [2.45, 2.75) is 6.92 Å². The zero-order valence-electron chi connectivity index (χ0n) is 16.3. The molecule has 5 heteroatoms. The Kier molecular flexibility index (Phi) is 6.43. The van der Waals surface area contributed by atoms with Gasteiger partial charge in [0.15, 0.2) is 0 Å². The zero-order chi connectivity index (χ0) is 20.6. The average molecular weight is 386 g/mol. The van der Waals surface area contributed by atoms with Gasteiger partial charge in [-0.1, -0.05) is 48.0 Å². The number of amides is 2. The Morgan fingerprint density at radius 1 is 0.862 bits per heavy atom. The lowest BCUT2D eigenvalue weighted by molar-refractivity contribution is -0.113. The van der Waals surface area contributed by atoms with E-state index >= 15 is 0 Å². The van der Waals surface area contributed by atoms with E-state index in [1.807, 2.05) is 61.5 Å². The van der Waals surface area contributed by atoms with Gasteiger partial charge in [-0.15, -0.1) is 0 Å². The van der Waals surface area contributed by atoms with Crippen molar-refractivity contribution in [1.29, 1.82) is 0 Å². The van der Waals surface area contributed by atoms with Crippen LogP contribution in [0.4, 0.5) is 5.69 Å². The summed E-state index contributed by atoms with van der Waals surface area (Å²) in [6.07, 6.45) is 1.64. The van der Waals surface area contributed by atoms with Gasteiger partial charge in [0, 0.05) is 11.3 Å². The molecule has 0 heterocycles. The Morgan fingerprint density at radius 3 is 2.14 bits per heavy atom. The van der Waals surface area contributed by atoms with Crippen LogP contribution in [0.5, 0.6) is 5.75 Å². The molecule has 0 spiro atoms. The molecule has 0 fully saturated rings. The van der Waals surface area contributed by atoms with E-state index in [9.17, 15) is 9.59 Å². The molecule has 0 bridgehead atoms. The summed E-state index contributed by atoms with van der Waals surface area (Å²) in [6, 6.07) is 23.5. The van der Waals surface area contributed by atoms with E-state index in [0.717, 1.165) is 11.1 Å². The molecule has 0 saturated carbocycles. The van der Waals surface area contributed by atoms with Crippen LogP contribution in [0.2, 0.25) is 0 Å². The highest BCUT2D eigenvalue weighted by molar-refractivity contribution is 6.10. The third-order valence-corrected chi connectivity index (χ3v) is 4.27. The van der Waals surface area contributed by atoms with E-state index in [1.54, 1.807) is 37.5 Å². The van der Waals surface area contributed by atoms with Gasteiger partial charge in [0.25, 0.3) is 11.8 Å². The van der Waals surface area contributed by atoms with Crippen LogP contribution in [-0.4, -0.2) is 18.9 Å². The van der Waals surface area contributed by atoms with Crippen molar-refractivity contribution in [2.24, 2.45) is 0 Å². The minimum atomic E-state index is -0.403. The summed E-state index contributed by atoms with van der Waals surface area (Å²) in [4.78, 5) is 25.5. The molecule has 2 amide bonds. The first-order valence-corrected chi connectivity index (χ1v) is 9.15. The summed E-state index contributed by atoms with van der Waals surface area (Å²) in [6.45, 7) is 1.97. The fourth-order valence-corrected chi connectivity index (χ4v) is 2.65. The van der Waals surface area contributed by atoms with Gasteiger partial charge < -0.3 is 15.4 Å². The number of anilines is 1. The summed E-state index contributed by atoms with van der Waals surface area (Å²) < 4.78 is 5.11. The van der Waals surface area contributed by atoms with Gasteiger partial charge in [0.2, 0.25) is 0 Å². The standard InChI is InChI=1S/C24H22N2O3/c1-17-8-12-20(13-9-17)25-24(28)22(16-18-6-4-3-5-7-18)26-23(27)19-10-14-21(29-2)15-11-19/h3-16H,1-2H3,(H,25,28)(H,26,27)/b22-16-. The SMILES string of the molecule is COc1ccc(C(=O)N/C(=C\c2ccccc2)C(=O)Nc2ccc(C)cc2)cc1. The van der Waals surface area contributed by atoms with Gasteiger partial charge in [-0.05, 0) is 55.0 Å². The van der Waals surface area contributed by atoms with Gasteiger partial charge in [-0.2, -0.15) is 0 Å². The highest BCUT2D eigenvalue weighted by Crippen LogP contribution is 2.14. The van der Waals surface area contributed by atoms with E-state index in [0.29, 0.717) is 17.0 Å². The van der Waals surface area contributed by atoms with Crippen molar-refractivity contribution in [3.63, 3.8) is 0 Å². The molecule has 3 aromatic rings. The van der Waals surface area contributed by atoms with E-state index in [2.05, 4.69) is 10.6 Å². The van der Waals surface area contributed by atoms with Gasteiger partial charge in [-0.25, -0.2) is 0 Å². The number of ether oxygens (including phenoxy) is 1. The van der Waals surface area contributed by atoms with Crippen LogP contribution in [0.15, 0.2) is 84.6 Å². The van der Waals surface area contributed by atoms with Gasteiger partial charge in [0.05, 0.1) is 7.11 Å². The van der Waals surface area contributed by atoms with Crippen molar-refractivity contribution in [1.82, 2.24) is 5.32 Å².